The van der Waals surface area contributed by atoms with Crippen molar-refractivity contribution in [2.45, 2.75) is 179 Å². The van der Waals surface area contributed by atoms with Crippen LogP contribution in [-0.4, -0.2) is 107 Å². The Morgan fingerprint density at radius 2 is 1.48 bits per heavy atom. The Kier molecular flexibility index (Phi) is 18.3. The van der Waals surface area contributed by atoms with Crippen LogP contribution in [0.5, 0.6) is 17.4 Å². The summed E-state index contributed by atoms with van der Waals surface area (Å²) in [6.07, 6.45) is -11.5. The van der Waals surface area contributed by atoms with Crippen molar-refractivity contribution in [2.75, 3.05) is 13.2 Å². The maximum absolute atomic E-state index is 14.8. The van der Waals surface area contributed by atoms with Crippen LogP contribution in [0.1, 0.15) is 138 Å². The number of halogens is 7. The van der Waals surface area contributed by atoms with E-state index in [1.807, 2.05) is 11.6 Å². The second-order valence-electron chi connectivity index (χ2n) is 22.7. The van der Waals surface area contributed by atoms with Gasteiger partial charge in [0.25, 0.3) is 5.69 Å². The Bertz CT molecular complexity index is 2980. The molecule has 1 saturated heterocycles. The van der Waals surface area contributed by atoms with Crippen LogP contribution in [0.4, 0.5) is 36.8 Å². The van der Waals surface area contributed by atoms with Crippen LogP contribution < -0.4 is 18.9 Å². The number of nitrogens with zero attached hydrogens (tertiary/aromatic N) is 3. The highest BCUT2D eigenvalue weighted by molar-refractivity contribution is 7.85. The lowest BCUT2D eigenvalue weighted by atomic mass is 9.77. The number of rotatable bonds is 19. The van der Waals surface area contributed by atoms with E-state index in [0.717, 1.165) is 24.3 Å². The zero-order valence-electron chi connectivity index (χ0n) is 45.5. The van der Waals surface area contributed by atoms with Gasteiger partial charge in [-0.1, -0.05) is 51.8 Å². The van der Waals surface area contributed by atoms with E-state index in [4.69, 9.17) is 30.0 Å². The van der Waals surface area contributed by atoms with Gasteiger partial charge in [0.2, 0.25) is 28.9 Å². The fraction of sp³-hybridized carbons (Fsp3) is 0.630. The average Bonchev–Trinajstić information content (AvgIpc) is 4.02. The number of amides is 2. The lowest BCUT2D eigenvalue weighted by Gasteiger charge is -2.36. The normalized spacial score (nSPS) is 23.1. The van der Waals surface area contributed by atoms with Crippen molar-refractivity contribution in [3.05, 3.63) is 63.7 Å². The topological polar surface area (TPSA) is 246 Å². The number of benzene rings is 2. The van der Waals surface area contributed by atoms with Gasteiger partial charge in [-0.25, -0.2) is 18.7 Å². The van der Waals surface area contributed by atoms with E-state index in [1.54, 1.807) is 58.9 Å². The number of ketones is 1. The molecule has 81 heavy (non-hydrogen) atoms. The van der Waals surface area contributed by atoms with Gasteiger partial charge in [0, 0.05) is 36.4 Å². The van der Waals surface area contributed by atoms with Crippen molar-refractivity contribution in [3.8, 4) is 17.4 Å². The number of aromatic nitrogens is 1. The van der Waals surface area contributed by atoms with Gasteiger partial charge in [-0.15, -0.1) is 0 Å². The van der Waals surface area contributed by atoms with Gasteiger partial charge < -0.3 is 28.6 Å². The first-order valence-electron chi connectivity index (χ1n) is 26.7. The largest absolute Gasteiger partial charge is 0.514 e. The molecular weight excluding hydrogens is 1130 g/mol. The first-order valence-corrected chi connectivity index (χ1v) is 28.5. The lowest BCUT2D eigenvalue weighted by molar-refractivity contribution is -0.384. The molecule has 27 heteroatoms. The van der Waals surface area contributed by atoms with Crippen molar-refractivity contribution in [1.29, 1.82) is 0 Å². The fourth-order valence-electron chi connectivity index (χ4n) is 10.9. The van der Waals surface area contributed by atoms with Crippen LogP contribution in [0.3, 0.4) is 0 Å². The number of non-ortho nitro benzene ring substituents is 1. The third-order valence-corrected chi connectivity index (χ3v) is 17.2. The minimum Gasteiger partial charge on any atom is -0.488 e. The van der Waals surface area contributed by atoms with Gasteiger partial charge in [-0.3, -0.25) is 29.3 Å². The highest BCUT2D eigenvalue weighted by Gasteiger charge is 2.63. The molecule has 0 unspecified atom stereocenters. The Balaban J connectivity index is 0.000000359. The van der Waals surface area contributed by atoms with Crippen LogP contribution in [0.2, 0.25) is 5.02 Å². The van der Waals surface area contributed by atoms with Crippen LogP contribution in [0.25, 0.3) is 10.9 Å². The van der Waals surface area contributed by atoms with Crippen molar-refractivity contribution in [2.24, 2.45) is 22.7 Å². The van der Waals surface area contributed by atoms with Gasteiger partial charge in [0.05, 0.1) is 58.0 Å². The molecule has 1 aromatic heterocycles. The molecule has 5 atom stereocenters. The number of carbonyl (C=O) groups excluding carboxylic acids is 5. The Morgan fingerprint density at radius 3 is 2.00 bits per heavy atom. The van der Waals surface area contributed by atoms with Gasteiger partial charge >= 0.3 is 34.8 Å². The lowest BCUT2D eigenvalue weighted by Crippen LogP contribution is -2.50. The quantitative estimate of drug-likeness (QED) is 0.0385. The van der Waals surface area contributed by atoms with Crippen molar-refractivity contribution >= 4 is 68.2 Å². The first kappa shape index (κ1) is 62.6. The van der Waals surface area contributed by atoms with Crippen LogP contribution in [-0.2, 0) is 43.1 Å². The highest BCUT2D eigenvalue weighted by atomic mass is 35.5. The standard InChI is InChI=1S/C41H53ClF3N3O10S.C13H12F3NO5/c1-7-24-21-39(24,36(52)47-59(53,54)58-38(6)16-17-38)22-30(49)29-18-25(56-31-20-32(55-8-2)46-34-26(31)12-11-13-28(34)42)23-48(29)35(51)27(37(3,4)5)19-33(50)57-40(41(43,44)45)14-9-10-15-40;14-13(15,16)12(7-1-2-8-12)22-11(18)21-10-5-3-9(4-6-10)17(19)20/h11-13,20,24-25,27,29H,7-10,14-19,21-23H2,1-6H3,(H,47,52);3-6H,1-2,7-8H2/t24-,25-,27-,29+,39-;/m1./s1. The molecule has 0 spiro atoms. The van der Waals surface area contributed by atoms with Crippen LogP contribution in [0.15, 0.2) is 48.5 Å². The fourth-order valence-corrected chi connectivity index (χ4v) is 12.2. The SMILES string of the molecule is CCOc1cc(O[C@@H]2C[C@@H](C(=O)C[C@]3(C(=O)NS(=O)(=O)OC4(C)CC4)C[C@H]3CC)N(C(=O)[C@@H](CC(=O)OC3(C(F)(F)F)CCCC3)C(C)(C)C)C2)c2cccc(Cl)c2n1.O=C(Oc1ccc([N+](=O)[O-])cc1)OC1(C(F)(F)F)CCCC1. The molecule has 3 aromatic rings. The summed E-state index contributed by atoms with van der Waals surface area (Å²) >= 11 is 6.50. The van der Waals surface area contributed by atoms with E-state index in [1.165, 1.54) is 4.90 Å². The number of hydrogen-bond acceptors (Lipinski definition) is 16. The Hall–Kier alpha value is -6.02. The van der Waals surface area contributed by atoms with Crippen molar-refractivity contribution in [3.63, 3.8) is 0 Å². The number of hydrogen-bond donors (Lipinski definition) is 1. The molecule has 446 valence electrons. The maximum atomic E-state index is 14.8. The van der Waals surface area contributed by atoms with Crippen LogP contribution in [0, 0.1) is 32.8 Å². The zero-order valence-corrected chi connectivity index (χ0v) is 47.0. The average molecular weight is 1190 g/mol. The summed E-state index contributed by atoms with van der Waals surface area (Å²) in [5, 5.41) is 11.3. The minimum absolute atomic E-state index is 0.0638. The summed E-state index contributed by atoms with van der Waals surface area (Å²) in [7, 11) is -4.50. The Morgan fingerprint density at radius 1 is 0.889 bits per heavy atom. The van der Waals surface area contributed by atoms with E-state index in [9.17, 15) is 68.8 Å². The molecule has 5 fully saturated rings. The van der Waals surface area contributed by atoms with E-state index in [0.29, 0.717) is 53.8 Å². The molecule has 1 N–H and O–H groups in total. The number of nitrogens with one attached hydrogen (secondary N) is 1. The number of ether oxygens (including phenoxy) is 5. The van der Waals surface area contributed by atoms with Gasteiger partial charge in [0.1, 0.15) is 17.6 Å². The molecule has 8 rings (SSSR count). The number of para-hydroxylation sites is 1. The monoisotopic (exact) mass is 1190 g/mol. The number of pyridine rings is 1. The zero-order chi connectivity index (χ0) is 59.7. The van der Waals surface area contributed by atoms with Gasteiger partial charge in [0.15, 0.2) is 5.78 Å². The summed E-state index contributed by atoms with van der Waals surface area (Å²) in [5.41, 5.74) is -8.29. The Labute approximate surface area is 468 Å². The molecule has 4 saturated carbocycles. The maximum Gasteiger partial charge on any atom is 0.514 e. The predicted molar refractivity (Wildman–Crippen MR) is 277 cm³/mol. The number of alkyl halides is 6. The number of fused-ring (bicyclic) bond motifs is 1. The number of esters is 1. The molecule has 5 aliphatic rings. The molecule has 0 bridgehead atoms. The number of nitro groups is 1. The molecule has 2 heterocycles. The summed E-state index contributed by atoms with van der Waals surface area (Å²) < 4.78 is 141. The molecular formula is C54H65ClF6N4O15S. The third kappa shape index (κ3) is 14.4. The van der Waals surface area contributed by atoms with Crippen LogP contribution >= 0.6 is 11.6 Å². The van der Waals surface area contributed by atoms with E-state index in [-0.39, 0.29) is 87.8 Å². The first-order chi connectivity index (χ1) is 37.7. The second kappa shape index (κ2) is 23.7. The minimum atomic E-state index is -4.80. The molecule has 4 aliphatic carbocycles. The molecule has 1 aliphatic heterocycles. The number of nitro benzene ring substituents is 1. The highest BCUT2D eigenvalue weighted by Crippen LogP contribution is 2.58. The molecule has 19 nitrogen and oxygen atoms in total. The summed E-state index contributed by atoms with van der Waals surface area (Å²) in [6, 6.07) is 9.79. The summed E-state index contributed by atoms with van der Waals surface area (Å²) in [4.78, 5) is 83.6. The van der Waals surface area contributed by atoms with Gasteiger partial charge in [-0.2, -0.15) is 34.8 Å². The molecule has 2 amide bonds. The third-order valence-electron chi connectivity index (χ3n) is 15.8. The van der Waals surface area contributed by atoms with E-state index < -0.39 is 116 Å². The van der Waals surface area contributed by atoms with Gasteiger partial charge in [-0.05, 0) is 120 Å². The summed E-state index contributed by atoms with van der Waals surface area (Å²) in [5.74, 6) is -4.47. The smallest absolute Gasteiger partial charge is 0.488 e. The molecule has 2 aromatic carbocycles. The van der Waals surface area contributed by atoms with E-state index >= 15 is 0 Å². The van der Waals surface area contributed by atoms with Crippen molar-refractivity contribution < 1.29 is 91.5 Å². The van der Waals surface area contributed by atoms with Crippen molar-refractivity contribution in [1.82, 2.24) is 14.6 Å². The summed E-state index contributed by atoms with van der Waals surface area (Å²) in [6.45, 7) is 10.3. The van der Waals surface area contributed by atoms with E-state index in [2.05, 4.69) is 14.5 Å². The number of Topliss-reactive ketones (excluding diaryl/α,β-unsaturated/α-hetero) is 1. The number of likely N-dealkylation sites (tertiary alicyclic amines) is 1. The predicted octanol–water partition coefficient (Wildman–Crippen LogP) is 11.4. The second-order valence-corrected chi connectivity index (χ2v) is 24.4. The number of carbonyl (C=O) groups is 5. The molecule has 0 radical (unpaired) electrons.